The largest absolute Gasteiger partial charge is 0.497 e. The summed E-state index contributed by atoms with van der Waals surface area (Å²) in [6, 6.07) is 6.95. The molecule has 0 unspecified atom stereocenters. The molecule has 134 valence electrons. The van der Waals surface area contributed by atoms with Crippen molar-refractivity contribution < 1.29 is 19.0 Å². The first-order valence-electron chi connectivity index (χ1n) is 7.69. The average molecular weight is 346 g/mol. The van der Waals surface area contributed by atoms with Crippen LogP contribution in [-0.2, 0) is 4.74 Å². The number of carbonyl (C=O) groups excluding carboxylic acids is 1. The van der Waals surface area contributed by atoms with Gasteiger partial charge in [-0.1, -0.05) is 0 Å². The van der Waals surface area contributed by atoms with Crippen molar-refractivity contribution in [2.24, 2.45) is 0 Å². The molecule has 8 heteroatoms. The summed E-state index contributed by atoms with van der Waals surface area (Å²) in [6.45, 7) is 2.64. The Hall–Kier alpha value is -2.87. The number of benzene rings is 1. The van der Waals surface area contributed by atoms with Gasteiger partial charge < -0.3 is 24.8 Å². The fraction of sp³-hybridized carbons (Fsp3) is 0.353. The summed E-state index contributed by atoms with van der Waals surface area (Å²) in [5, 5.41) is 5.80. The molecule has 0 saturated carbocycles. The van der Waals surface area contributed by atoms with E-state index in [0.717, 1.165) is 0 Å². The number of hydrogen-bond acceptors (Lipinski definition) is 7. The van der Waals surface area contributed by atoms with Crippen LogP contribution in [0.5, 0.6) is 11.5 Å². The Morgan fingerprint density at radius 1 is 1.12 bits per heavy atom. The molecule has 1 amide bonds. The molecule has 2 aromatic rings. The molecule has 25 heavy (non-hydrogen) atoms. The van der Waals surface area contributed by atoms with E-state index in [4.69, 9.17) is 14.2 Å². The first-order chi connectivity index (χ1) is 12.1. The van der Waals surface area contributed by atoms with Gasteiger partial charge >= 0.3 is 0 Å². The molecule has 1 aromatic carbocycles. The van der Waals surface area contributed by atoms with Crippen molar-refractivity contribution >= 4 is 17.5 Å². The van der Waals surface area contributed by atoms with Gasteiger partial charge in [-0.25, -0.2) is 9.97 Å². The van der Waals surface area contributed by atoms with Crippen LogP contribution in [-0.4, -0.2) is 50.4 Å². The molecule has 0 fully saturated rings. The summed E-state index contributed by atoms with van der Waals surface area (Å²) in [7, 11) is 4.72. The van der Waals surface area contributed by atoms with Crippen molar-refractivity contribution in [3.05, 3.63) is 35.7 Å². The Morgan fingerprint density at radius 3 is 2.60 bits per heavy atom. The second kappa shape index (κ2) is 8.84. The van der Waals surface area contributed by atoms with Gasteiger partial charge in [0, 0.05) is 25.4 Å². The topological polar surface area (TPSA) is 94.6 Å². The lowest BCUT2D eigenvalue weighted by Crippen LogP contribution is -2.28. The number of amides is 1. The van der Waals surface area contributed by atoms with Crippen LogP contribution in [0.2, 0.25) is 0 Å². The number of rotatable bonds is 8. The van der Waals surface area contributed by atoms with Crippen molar-refractivity contribution in [2.45, 2.75) is 6.92 Å². The average Bonchev–Trinajstić information content (AvgIpc) is 2.61. The fourth-order valence-corrected chi connectivity index (χ4v) is 2.12. The molecule has 0 atom stereocenters. The van der Waals surface area contributed by atoms with Gasteiger partial charge in [0.25, 0.3) is 5.91 Å². The Bertz CT molecular complexity index is 737. The van der Waals surface area contributed by atoms with E-state index in [-0.39, 0.29) is 11.6 Å². The maximum Gasteiger partial charge on any atom is 0.270 e. The molecule has 0 aliphatic rings. The molecule has 0 saturated heterocycles. The second-order valence-electron chi connectivity index (χ2n) is 5.16. The number of methoxy groups -OCH3 is 3. The van der Waals surface area contributed by atoms with Crippen molar-refractivity contribution in [2.75, 3.05) is 39.8 Å². The Labute approximate surface area is 146 Å². The van der Waals surface area contributed by atoms with E-state index < -0.39 is 0 Å². The van der Waals surface area contributed by atoms with Crippen LogP contribution in [0.3, 0.4) is 0 Å². The third kappa shape index (κ3) is 5.05. The highest BCUT2D eigenvalue weighted by atomic mass is 16.5. The molecular weight excluding hydrogens is 324 g/mol. The molecular formula is C17H22N4O4. The quantitative estimate of drug-likeness (QED) is 0.705. The number of nitrogens with one attached hydrogen (secondary N) is 2. The van der Waals surface area contributed by atoms with E-state index in [1.807, 2.05) is 0 Å². The Kier molecular flexibility index (Phi) is 6.53. The van der Waals surface area contributed by atoms with Crippen molar-refractivity contribution in [1.82, 2.24) is 15.3 Å². The summed E-state index contributed by atoms with van der Waals surface area (Å²) in [4.78, 5) is 20.7. The van der Waals surface area contributed by atoms with Crippen LogP contribution < -0.4 is 20.1 Å². The minimum Gasteiger partial charge on any atom is -0.497 e. The van der Waals surface area contributed by atoms with Crippen LogP contribution in [0, 0.1) is 6.92 Å². The SMILES string of the molecule is COCCNC(=O)c1cc(C)nc(Nc2ccc(OC)cc2OC)n1. The molecule has 8 nitrogen and oxygen atoms in total. The van der Waals surface area contributed by atoms with Gasteiger partial charge in [0.05, 0.1) is 26.5 Å². The summed E-state index contributed by atoms with van der Waals surface area (Å²) in [5.41, 5.74) is 1.61. The molecule has 0 spiro atoms. The Morgan fingerprint density at radius 2 is 1.92 bits per heavy atom. The number of ether oxygens (including phenoxy) is 3. The number of aromatic nitrogens is 2. The third-order valence-electron chi connectivity index (χ3n) is 3.33. The van der Waals surface area contributed by atoms with Gasteiger partial charge in [0.2, 0.25) is 5.95 Å². The standard InChI is InChI=1S/C17H22N4O4/c1-11-9-14(16(22)18-7-8-23-2)21-17(19-11)20-13-6-5-12(24-3)10-15(13)25-4/h5-6,9-10H,7-8H2,1-4H3,(H,18,22)(H,19,20,21). The smallest absolute Gasteiger partial charge is 0.270 e. The first-order valence-corrected chi connectivity index (χ1v) is 7.69. The van der Waals surface area contributed by atoms with Gasteiger partial charge in [0.1, 0.15) is 17.2 Å². The van der Waals surface area contributed by atoms with E-state index in [1.165, 1.54) is 0 Å². The number of carbonyl (C=O) groups is 1. The predicted octanol–water partition coefficient (Wildman–Crippen LogP) is 1.92. The van der Waals surface area contributed by atoms with Crippen molar-refractivity contribution in [1.29, 1.82) is 0 Å². The maximum absolute atomic E-state index is 12.2. The zero-order valence-electron chi connectivity index (χ0n) is 14.8. The van der Waals surface area contributed by atoms with Crippen LogP contribution in [0.4, 0.5) is 11.6 Å². The van der Waals surface area contributed by atoms with Gasteiger partial charge in [-0.2, -0.15) is 0 Å². The summed E-state index contributed by atoms with van der Waals surface area (Å²) < 4.78 is 15.4. The number of nitrogens with zero attached hydrogens (tertiary/aromatic N) is 2. The normalized spacial score (nSPS) is 10.2. The van der Waals surface area contributed by atoms with Gasteiger partial charge in [-0.3, -0.25) is 4.79 Å². The molecule has 0 aliphatic heterocycles. The molecule has 1 aromatic heterocycles. The first kappa shape index (κ1) is 18.5. The number of anilines is 2. The molecule has 2 N–H and O–H groups in total. The van der Waals surface area contributed by atoms with E-state index in [1.54, 1.807) is 52.5 Å². The molecule has 0 radical (unpaired) electrons. The summed E-state index contributed by atoms with van der Waals surface area (Å²) >= 11 is 0. The fourth-order valence-electron chi connectivity index (χ4n) is 2.12. The highest BCUT2D eigenvalue weighted by Crippen LogP contribution is 2.30. The van der Waals surface area contributed by atoms with Gasteiger partial charge in [0.15, 0.2) is 0 Å². The van der Waals surface area contributed by atoms with Crippen LogP contribution in [0.1, 0.15) is 16.2 Å². The van der Waals surface area contributed by atoms with E-state index in [2.05, 4.69) is 20.6 Å². The second-order valence-corrected chi connectivity index (χ2v) is 5.16. The zero-order valence-corrected chi connectivity index (χ0v) is 14.8. The minimum atomic E-state index is -0.285. The molecule has 1 heterocycles. The van der Waals surface area contributed by atoms with E-state index in [9.17, 15) is 4.79 Å². The molecule has 0 bridgehead atoms. The van der Waals surface area contributed by atoms with Crippen molar-refractivity contribution in [3.8, 4) is 11.5 Å². The third-order valence-corrected chi connectivity index (χ3v) is 3.33. The van der Waals surface area contributed by atoms with Crippen LogP contribution in [0.15, 0.2) is 24.3 Å². The number of hydrogen-bond donors (Lipinski definition) is 2. The zero-order chi connectivity index (χ0) is 18.2. The Balaban J connectivity index is 2.21. The van der Waals surface area contributed by atoms with Crippen LogP contribution >= 0.6 is 0 Å². The maximum atomic E-state index is 12.2. The van der Waals surface area contributed by atoms with Crippen molar-refractivity contribution in [3.63, 3.8) is 0 Å². The minimum absolute atomic E-state index is 0.276. The highest BCUT2D eigenvalue weighted by Gasteiger charge is 2.12. The number of aryl methyl sites for hydroxylation is 1. The summed E-state index contributed by atoms with van der Waals surface area (Å²) in [5.74, 6) is 1.27. The molecule has 2 rings (SSSR count). The summed E-state index contributed by atoms with van der Waals surface area (Å²) in [6.07, 6.45) is 0. The highest BCUT2D eigenvalue weighted by molar-refractivity contribution is 5.92. The van der Waals surface area contributed by atoms with Crippen LogP contribution in [0.25, 0.3) is 0 Å². The lowest BCUT2D eigenvalue weighted by Gasteiger charge is -2.12. The van der Waals surface area contributed by atoms with Gasteiger partial charge in [-0.15, -0.1) is 0 Å². The lowest BCUT2D eigenvalue weighted by atomic mass is 10.2. The van der Waals surface area contributed by atoms with Gasteiger partial charge in [-0.05, 0) is 25.1 Å². The predicted molar refractivity (Wildman–Crippen MR) is 93.8 cm³/mol. The van der Waals surface area contributed by atoms with E-state index in [0.29, 0.717) is 42.0 Å². The lowest BCUT2D eigenvalue weighted by molar-refractivity contribution is 0.0932. The van der Waals surface area contributed by atoms with E-state index >= 15 is 0 Å². The monoisotopic (exact) mass is 346 g/mol. The molecule has 0 aliphatic carbocycles.